The number of nitrogens with one attached hydrogen (secondary N) is 2. The summed E-state index contributed by atoms with van der Waals surface area (Å²) in [5, 5.41) is 8.53. The van der Waals surface area contributed by atoms with Gasteiger partial charge in [-0.05, 0) is 29.3 Å². The number of carbonyl (C=O) groups is 1. The number of halogens is 2. The van der Waals surface area contributed by atoms with Crippen molar-refractivity contribution in [3.63, 3.8) is 0 Å². The fourth-order valence-electron chi connectivity index (χ4n) is 3.91. The zero-order valence-electron chi connectivity index (χ0n) is 12.9. The van der Waals surface area contributed by atoms with E-state index in [2.05, 4.69) is 21.9 Å². The molecule has 3 heterocycles. The zero-order chi connectivity index (χ0) is 17.1. The van der Waals surface area contributed by atoms with Gasteiger partial charge >= 0.3 is 5.97 Å². The standard InChI is InChI=1S/C18H13Cl2N3O2/c19-10-3-1-8(5-11(10)20)14-15-12(4-2-9-6-21-23-17(9)15)22-13-7-25-18(24)16(13)14/h1-6,9,14,17,22-23H,7H2. The highest BCUT2D eigenvalue weighted by molar-refractivity contribution is 6.42. The lowest BCUT2D eigenvalue weighted by atomic mass is 9.73. The third-order valence-electron chi connectivity index (χ3n) is 5.03. The highest BCUT2D eigenvalue weighted by Crippen LogP contribution is 2.46. The molecule has 1 aliphatic carbocycles. The molecule has 0 radical (unpaired) electrons. The van der Waals surface area contributed by atoms with Crippen LogP contribution in [-0.2, 0) is 9.53 Å². The quantitative estimate of drug-likeness (QED) is 0.743. The van der Waals surface area contributed by atoms with Crippen molar-refractivity contribution >= 4 is 35.4 Å². The Hall–Kier alpha value is -2.24. The van der Waals surface area contributed by atoms with Crippen LogP contribution in [0.4, 0.5) is 0 Å². The van der Waals surface area contributed by atoms with E-state index in [1.807, 2.05) is 24.4 Å². The second-order valence-electron chi connectivity index (χ2n) is 6.39. The maximum Gasteiger partial charge on any atom is 0.337 e. The molecule has 0 amide bonds. The fourth-order valence-corrected chi connectivity index (χ4v) is 4.21. The van der Waals surface area contributed by atoms with Crippen LogP contribution in [0.15, 0.2) is 58.0 Å². The fraction of sp³-hybridized carbons (Fsp3) is 0.222. The summed E-state index contributed by atoms with van der Waals surface area (Å²) in [5.74, 6) is -0.386. The predicted molar refractivity (Wildman–Crippen MR) is 95.4 cm³/mol. The van der Waals surface area contributed by atoms with Gasteiger partial charge in [0.1, 0.15) is 6.61 Å². The summed E-state index contributed by atoms with van der Waals surface area (Å²) in [6.07, 6.45) is 6.04. The molecule has 0 saturated carbocycles. The van der Waals surface area contributed by atoms with Crippen LogP contribution in [0.1, 0.15) is 11.5 Å². The van der Waals surface area contributed by atoms with Gasteiger partial charge in [-0.1, -0.05) is 35.3 Å². The molecule has 1 aromatic rings. The molecule has 3 atom stereocenters. The Bertz CT molecular complexity index is 932. The summed E-state index contributed by atoms with van der Waals surface area (Å²) in [7, 11) is 0. The molecule has 5 nitrogen and oxygen atoms in total. The number of hydrogen-bond donors (Lipinski definition) is 2. The molecule has 0 spiro atoms. The van der Waals surface area contributed by atoms with Gasteiger partial charge in [-0.2, -0.15) is 5.10 Å². The Morgan fingerprint density at radius 3 is 2.96 bits per heavy atom. The topological polar surface area (TPSA) is 62.7 Å². The number of fused-ring (bicyclic) bond motifs is 2. The summed E-state index contributed by atoms with van der Waals surface area (Å²) in [5.41, 5.74) is 7.57. The molecule has 4 aliphatic rings. The Balaban J connectivity index is 1.70. The Labute approximate surface area is 154 Å². The van der Waals surface area contributed by atoms with Crippen LogP contribution in [0.3, 0.4) is 0 Å². The van der Waals surface area contributed by atoms with E-state index in [4.69, 9.17) is 27.9 Å². The van der Waals surface area contributed by atoms with Gasteiger partial charge in [0, 0.05) is 23.7 Å². The van der Waals surface area contributed by atoms with Gasteiger partial charge in [-0.3, -0.25) is 0 Å². The predicted octanol–water partition coefficient (Wildman–Crippen LogP) is 2.89. The number of nitrogens with zero attached hydrogens (tertiary/aromatic N) is 1. The normalized spacial score (nSPS) is 29.0. The van der Waals surface area contributed by atoms with Crippen molar-refractivity contribution in [3.8, 4) is 0 Å². The van der Waals surface area contributed by atoms with Crippen LogP contribution in [0, 0.1) is 5.92 Å². The summed E-state index contributed by atoms with van der Waals surface area (Å²) in [4.78, 5) is 12.4. The SMILES string of the molecule is O=C1OCC2=C1C(c1ccc(Cl)c(Cl)c1)C1=C(C=CC3C=NNC13)N2. The average Bonchev–Trinajstić information content (AvgIpc) is 3.22. The summed E-state index contributed by atoms with van der Waals surface area (Å²) >= 11 is 12.3. The summed E-state index contributed by atoms with van der Waals surface area (Å²) < 4.78 is 5.29. The van der Waals surface area contributed by atoms with Gasteiger partial charge in [-0.15, -0.1) is 0 Å². The number of carbonyl (C=O) groups excluding carboxylic acids is 1. The molecule has 5 rings (SSSR count). The Morgan fingerprint density at radius 2 is 2.12 bits per heavy atom. The minimum atomic E-state index is -0.296. The number of hydrazone groups is 1. The first kappa shape index (κ1) is 15.0. The van der Waals surface area contributed by atoms with E-state index in [0.29, 0.717) is 15.6 Å². The highest BCUT2D eigenvalue weighted by Gasteiger charge is 2.45. The monoisotopic (exact) mass is 373 g/mol. The molecule has 126 valence electrons. The van der Waals surface area contributed by atoms with E-state index in [-0.39, 0.29) is 30.5 Å². The van der Waals surface area contributed by atoms with Crippen LogP contribution >= 0.6 is 23.2 Å². The number of benzene rings is 1. The smallest absolute Gasteiger partial charge is 0.337 e. The minimum Gasteiger partial charge on any atom is -0.456 e. The summed E-state index contributed by atoms with van der Waals surface area (Å²) in [6.45, 7) is 0.259. The number of esters is 1. The van der Waals surface area contributed by atoms with Crippen LogP contribution in [0.5, 0.6) is 0 Å². The van der Waals surface area contributed by atoms with E-state index < -0.39 is 0 Å². The highest BCUT2D eigenvalue weighted by atomic mass is 35.5. The molecule has 2 N–H and O–H groups in total. The Morgan fingerprint density at radius 1 is 1.24 bits per heavy atom. The van der Waals surface area contributed by atoms with Gasteiger partial charge in [0.2, 0.25) is 0 Å². The first-order valence-corrected chi connectivity index (χ1v) is 8.72. The van der Waals surface area contributed by atoms with E-state index in [1.165, 1.54) is 0 Å². The molecular weight excluding hydrogens is 361 g/mol. The summed E-state index contributed by atoms with van der Waals surface area (Å²) in [6, 6.07) is 5.49. The van der Waals surface area contributed by atoms with Crippen molar-refractivity contribution in [2.45, 2.75) is 12.0 Å². The third kappa shape index (κ3) is 2.16. The number of dihydropyridines is 1. The molecule has 25 heavy (non-hydrogen) atoms. The van der Waals surface area contributed by atoms with Crippen molar-refractivity contribution in [3.05, 3.63) is 68.5 Å². The molecule has 0 bridgehead atoms. The van der Waals surface area contributed by atoms with Crippen molar-refractivity contribution < 1.29 is 9.53 Å². The van der Waals surface area contributed by atoms with Crippen molar-refractivity contribution in [2.75, 3.05) is 6.61 Å². The van der Waals surface area contributed by atoms with Crippen LogP contribution < -0.4 is 10.7 Å². The van der Waals surface area contributed by atoms with Gasteiger partial charge < -0.3 is 15.5 Å². The first-order chi connectivity index (χ1) is 12.1. The maximum atomic E-state index is 12.4. The number of rotatable bonds is 1. The van der Waals surface area contributed by atoms with E-state index in [9.17, 15) is 4.79 Å². The van der Waals surface area contributed by atoms with Crippen molar-refractivity contribution in [1.29, 1.82) is 0 Å². The molecule has 0 aromatic heterocycles. The first-order valence-electron chi connectivity index (χ1n) is 7.96. The lowest BCUT2D eigenvalue weighted by Gasteiger charge is -2.36. The molecule has 1 aromatic carbocycles. The van der Waals surface area contributed by atoms with Crippen LogP contribution in [0.2, 0.25) is 10.0 Å². The maximum absolute atomic E-state index is 12.4. The van der Waals surface area contributed by atoms with Gasteiger partial charge in [0.15, 0.2) is 0 Å². The van der Waals surface area contributed by atoms with Crippen molar-refractivity contribution in [1.82, 2.24) is 10.7 Å². The molecule has 3 aliphatic heterocycles. The number of allylic oxidation sites excluding steroid dienone is 1. The number of ether oxygens (including phenoxy) is 1. The van der Waals surface area contributed by atoms with Gasteiger partial charge in [0.05, 0.1) is 27.4 Å². The van der Waals surface area contributed by atoms with E-state index in [0.717, 1.165) is 22.5 Å². The Kier molecular flexibility index (Phi) is 3.24. The molecular formula is C18H13Cl2N3O2. The number of cyclic esters (lactones) is 1. The van der Waals surface area contributed by atoms with Crippen molar-refractivity contribution in [2.24, 2.45) is 11.0 Å². The molecule has 0 fully saturated rings. The lowest BCUT2D eigenvalue weighted by Crippen LogP contribution is -2.40. The van der Waals surface area contributed by atoms with Gasteiger partial charge in [-0.25, -0.2) is 4.79 Å². The lowest BCUT2D eigenvalue weighted by molar-refractivity contribution is -0.136. The second kappa shape index (κ2) is 5.38. The third-order valence-corrected chi connectivity index (χ3v) is 5.77. The van der Waals surface area contributed by atoms with Gasteiger partial charge in [0.25, 0.3) is 0 Å². The molecule has 3 unspecified atom stereocenters. The minimum absolute atomic E-state index is 0.00518. The van der Waals surface area contributed by atoms with Crippen LogP contribution in [0.25, 0.3) is 0 Å². The van der Waals surface area contributed by atoms with E-state index >= 15 is 0 Å². The largest absolute Gasteiger partial charge is 0.456 e. The second-order valence-corrected chi connectivity index (χ2v) is 7.20. The van der Waals surface area contributed by atoms with E-state index in [1.54, 1.807) is 6.07 Å². The number of hydrogen-bond acceptors (Lipinski definition) is 5. The molecule has 7 heteroatoms. The average molecular weight is 374 g/mol. The molecule has 0 saturated heterocycles. The zero-order valence-corrected chi connectivity index (χ0v) is 14.4. The van der Waals surface area contributed by atoms with Crippen LogP contribution in [-0.4, -0.2) is 24.8 Å².